The predicted molar refractivity (Wildman–Crippen MR) is 140 cm³/mol. The van der Waals surface area contributed by atoms with Crippen LogP contribution in [0.3, 0.4) is 0 Å². The van der Waals surface area contributed by atoms with Gasteiger partial charge in [-0.15, -0.1) is 0 Å². The Balaban J connectivity index is 2.14. The number of hydrogen-bond donors (Lipinski definition) is 0. The molecule has 1 rings (SSSR count). The molecule has 0 amide bonds. The van der Waals surface area contributed by atoms with Crippen molar-refractivity contribution in [3.63, 3.8) is 0 Å². The first-order chi connectivity index (χ1) is 14.8. The lowest BCUT2D eigenvalue weighted by Gasteiger charge is -2.10. The van der Waals surface area contributed by atoms with E-state index in [-0.39, 0.29) is 0 Å². The molecule has 0 aromatic carbocycles. The van der Waals surface area contributed by atoms with Crippen molar-refractivity contribution in [3.05, 3.63) is 59.3 Å². The van der Waals surface area contributed by atoms with Crippen molar-refractivity contribution in [2.24, 2.45) is 5.92 Å². The summed E-state index contributed by atoms with van der Waals surface area (Å²) in [5, 5.41) is 0. The van der Waals surface area contributed by atoms with Crippen LogP contribution in [0, 0.1) is 5.92 Å². The molecule has 1 saturated heterocycles. The first kappa shape index (κ1) is 27.7. The Kier molecular flexibility index (Phi) is 14.6. The highest BCUT2D eigenvalue weighted by molar-refractivity contribution is 5.17. The third-order valence-corrected chi connectivity index (χ3v) is 6.39. The first-order valence-electron chi connectivity index (χ1n) is 12.7. The fourth-order valence-corrected chi connectivity index (χ4v) is 4.02. The number of epoxide rings is 1. The van der Waals surface area contributed by atoms with Crippen LogP contribution in [0.1, 0.15) is 112 Å². The van der Waals surface area contributed by atoms with Gasteiger partial charge in [0, 0.05) is 0 Å². The Morgan fingerprint density at radius 1 is 0.839 bits per heavy atom. The second kappa shape index (κ2) is 16.3. The summed E-state index contributed by atoms with van der Waals surface area (Å²) in [6.07, 6.45) is 26.0. The van der Waals surface area contributed by atoms with Gasteiger partial charge in [0.25, 0.3) is 0 Å². The Hall–Kier alpha value is -1.34. The van der Waals surface area contributed by atoms with E-state index in [1.54, 1.807) is 5.57 Å². The summed E-state index contributed by atoms with van der Waals surface area (Å²) in [5.74, 6) is 0.831. The quantitative estimate of drug-likeness (QED) is 0.0975. The SMILES string of the molecule is C=C/C(=C\CC/C(C)=C/CC/C=C(\C)CCCC(C)CCC1OC1C)CCC=C(C)C. The normalized spacial score (nSPS) is 20.5. The maximum Gasteiger partial charge on any atom is 0.0839 e. The average molecular weight is 427 g/mol. The Morgan fingerprint density at radius 3 is 2.03 bits per heavy atom. The molecule has 0 aromatic heterocycles. The van der Waals surface area contributed by atoms with E-state index in [9.17, 15) is 0 Å². The molecule has 3 atom stereocenters. The highest BCUT2D eigenvalue weighted by atomic mass is 16.6. The van der Waals surface area contributed by atoms with Gasteiger partial charge < -0.3 is 4.74 Å². The van der Waals surface area contributed by atoms with Crippen molar-refractivity contribution in [2.75, 3.05) is 0 Å². The standard InChI is InChI=1S/C30H50O/c1-8-29(20-11-14-24(2)3)21-13-19-26(5)16-10-9-15-25(4)17-12-18-27(6)22-23-30-28(7)31-30/h8,14-16,21,27-28,30H,1,9-13,17-20,22-23H2,2-7H3/b25-15+,26-16+,29-21+. The number of ether oxygens (including phenoxy) is 1. The maximum absolute atomic E-state index is 5.52. The van der Waals surface area contributed by atoms with Gasteiger partial charge in [-0.05, 0) is 105 Å². The lowest BCUT2D eigenvalue weighted by atomic mass is 9.96. The lowest BCUT2D eigenvalue weighted by molar-refractivity contribution is 0.349. The van der Waals surface area contributed by atoms with Crippen LogP contribution in [0.25, 0.3) is 0 Å². The van der Waals surface area contributed by atoms with E-state index < -0.39 is 0 Å². The van der Waals surface area contributed by atoms with Crippen molar-refractivity contribution >= 4 is 0 Å². The summed E-state index contributed by atoms with van der Waals surface area (Å²) in [4.78, 5) is 0. The van der Waals surface area contributed by atoms with Crippen LogP contribution in [-0.4, -0.2) is 12.2 Å². The minimum Gasteiger partial charge on any atom is -0.370 e. The largest absolute Gasteiger partial charge is 0.370 e. The van der Waals surface area contributed by atoms with Crippen molar-refractivity contribution in [2.45, 2.75) is 124 Å². The van der Waals surface area contributed by atoms with Gasteiger partial charge in [0.1, 0.15) is 0 Å². The zero-order chi connectivity index (χ0) is 23.1. The summed E-state index contributed by atoms with van der Waals surface area (Å²) >= 11 is 0. The molecule has 3 unspecified atom stereocenters. The van der Waals surface area contributed by atoms with Crippen molar-refractivity contribution < 1.29 is 4.74 Å². The van der Waals surface area contributed by atoms with Gasteiger partial charge in [0.05, 0.1) is 12.2 Å². The van der Waals surface area contributed by atoms with Gasteiger partial charge in [0.2, 0.25) is 0 Å². The summed E-state index contributed by atoms with van der Waals surface area (Å²) in [5.41, 5.74) is 5.86. The average Bonchev–Trinajstić information content (AvgIpc) is 3.43. The molecule has 1 nitrogen and oxygen atoms in total. The van der Waals surface area contributed by atoms with E-state index in [1.165, 1.54) is 55.2 Å². The molecule has 0 aliphatic carbocycles. The second-order valence-corrected chi connectivity index (χ2v) is 9.97. The minimum absolute atomic E-state index is 0.522. The number of hydrogen-bond acceptors (Lipinski definition) is 1. The molecule has 0 saturated carbocycles. The van der Waals surface area contributed by atoms with Gasteiger partial charge in [-0.3, -0.25) is 0 Å². The molecular formula is C30H50O. The predicted octanol–water partition coefficient (Wildman–Crippen LogP) is 9.67. The topological polar surface area (TPSA) is 12.5 Å². The molecule has 1 aliphatic rings. The molecule has 0 bridgehead atoms. The van der Waals surface area contributed by atoms with E-state index in [1.807, 2.05) is 6.08 Å². The van der Waals surface area contributed by atoms with Crippen LogP contribution in [-0.2, 0) is 4.74 Å². The summed E-state index contributed by atoms with van der Waals surface area (Å²) in [6.45, 7) is 17.5. The van der Waals surface area contributed by atoms with E-state index >= 15 is 0 Å². The summed E-state index contributed by atoms with van der Waals surface area (Å²) in [7, 11) is 0. The molecule has 0 aromatic rings. The molecule has 0 spiro atoms. The van der Waals surface area contributed by atoms with E-state index in [2.05, 4.69) is 72.4 Å². The summed E-state index contributed by atoms with van der Waals surface area (Å²) in [6, 6.07) is 0. The van der Waals surface area contributed by atoms with Gasteiger partial charge >= 0.3 is 0 Å². The molecule has 1 heteroatoms. The Morgan fingerprint density at radius 2 is 1.45 bits per heavy atom. The van der Waals surface area contributed by atoms with Crippen LogP contribution in [0.5, 0.6) is 0 Å². The van der Waals surface area contributed by atoms with E-state index in [4.69, 9.17) is 4.74 Å². The van der Waals surface area contributed by atoms with Crippen LogP contribution < -0.4 is 0 Å². The molecule has 0 radical (unpaired) electrons. The highest BCUT2D eigenvalue weighted by Gasteiger charge is 2.33. The zero-order valence-corrected chi connectivity index (χ0v) is 21.5. The summed E-state index contributed by atoms with van der Waals surface area (Å²) < 4.78 is 5.52. The number of allylic oxidation sites excluding steroid dienone is 9. The van der Waals surface area contributed by atoms with Crippen LogP contribution in [0.15, 0.2) is 59.3 Å². The molecule has 176 valence electrons. The number of rotatable bonds is 17. The van der Waals surface area contributed by atoms with Gasteiger partial charge in [-0.2, -0.15) is 0 Å². The van der Waals surface area contributed by atoms with Gasteiger partial charge in [-0.25, -0.2) is 0 Å². The van der Waals surface area contributed by atoms with Crippen LogP contribution >= 0.6 is 0 Å². The third-order valence-electron chi connectivity index (χ3n) is 6.39. The Bertz CT molecular complexity index is 627. The second-order valence-electron chi connectivity index (χ2n) is 9.97. The molecule has 1 fully saturated rings. The lowest BCUT2D eigenvalue weighted by Crippen LogP contribution is -1.99. The highest BCUT2D eigenvalue weighted by Crippen LogP contribution is 2.28. The van der Waals surface area contributed by atoms with Crippen molar-refractivity contribution in [3.8, 4) is 0 Å². The molecule has 1 aliphatic heterocycles. The molecule has 1 heterocycles. The Labute approximate surface area is 194 Å². The van der Waals surface area contributed by atoms with Crippen molar-refractivity contribution in [1.82, 2.24) is 0 Å². The van der Waals surface area contributed by atoms with E-state index in [0.29, 0.717) is 12.2 Å². The fourth-order valence-electron chi connectivity index (χ4n) is 4.02. The monoisotopic (exact) mass is 426 g/mol. The number of unbranched alkanes of at least 4 members (excludes halogenated alkanes) is 1. The minimum atomic E-state index is 0.522. The molecule has 0 N–H and O–H groups in total. The van der Waals surface area contributed by atoms with Crippen LogP contribution in [0.2, 0.25) is 0 Å². The molecule has 31 heavy (non-hydrogen) atoms. The van der Waals surface area contributed by atoms with Crippen LogP contribution in [0.4, 0.5) is 0 Å². The zero-order valence-electron chi connectivity index (χ0n) is 21.5. The smallest absolute Gasteiger partial charge is 0.0839 e. The fraction of sp³-hybridized carbons (Fsp3) is 0.667. The van der Waals surface area contributed by atoms with Crippen molar-refractivity contribution in [1.29, 1.82) is 0 Å². The molecular weight excluding hydrogens is 376 g/mol. The van der Waals surface area contributed by atoms with Gasteiger partial charge in [0.15, 0.2) is 0 Å². The maximum atomic E-state index is 5.52. The third kappa shape index (κ3) is 15.2. The first-order valence-corrected chi connectivity index (χ1v) is 12.7. The van der Waals surface area contributed by atoms with E-state index in [0.717, 1.165) is 38.0 Å². The van der Waals surface area contributed by atoms with Gasteiger partial charge in [-0.1, -0.05) is 72.6 Å².